The van der Waals surface area contributed by atoms with E-state index < -0.39 is 17.5 Å². The SMILES string of the molecule is C1CCC(NC2CCCCC2)CC1.CC(=O)c1ccccc1CC[C@@H](SCC1(CC(=O)O)CC1)c1cccc(/C=C/c2ccc3ccc(Cl)cc3n2)c1.CC(C)(O)c1ccccc1CC[C@@H](SCC1(CC(=O)O)CC1)c1cccc(/C=C/c2ccc3ccc(Cl)cc3n2)c1. The van der Waals surface area contributed by atoms with Gasteiger partial charge in [-0.15, -0.1) is 0 Å². The second kappa shape index (κ2) is 33.4. The number of aryl methyl sites for hydroxylation is 2. The van der Waals surface area contributed by atoms with Crippen LogP contribution < -0.4 is 5.32 Å². The monoisotopic (exact) mass is 1340 g/mol. The first-order valence-electron chi connectivity index (χ1n) is 33.9. The van der Waals surface area contributed by atoms with E-state index in [1.54, 1.807) is 6.92 Å². The van der Waals surface area contributed by atoms with E-state index in [4.69, 9.17) is 33.2 Å². The number of halogens is 2. The topological polar surface area (TPSA) is 150 Å². The smallest absolute Gasteiger partial charge is 0.303 e. The van der Waals surface area contributed by atoms with Crippen LogP contribution in [0.1, 0.15) is 208 Å². The predicted molar refractivity (Wildman–Crippen MR) is 394 cm³/mol. The minimum atomic E-state index is -0.911. The molecule has 0 bridgehead atoms. The number of aliphatic hydroxyl groups is 1. The fraction of sp³-hybridized carbons (Fsp3) is 0.395. The Labute approximate surface area is 575 Å². The Hall–Kier alpha value is -6.57. The molecule has 6 aromatic carbocycles. The summed E-state index contributed by atoms with van der Waals surface area (Å²) in [6.07, 6.45) is 30.5. The summed E-state index contributed by atoms with van der Waals surface area (Å²) < 4.78 is 0. The highest BCUT2D eigenvalue weighted by molar-refractivity contribution is 7.99. The summed E-state index contributed by atoms with van der Waals surface area (Å²) >= 11 is 16.0. The van der Waals surface area contributed by atoms with Crippen molar-refractivity contribution < 1.29 is 29.7 Å². The zero-order valence-corrected chi connectivity index (χ0v) is 57.9. The summed E-state index contributed by atoms with van der Waals surface area (Å²) in [5, 5.41) is 37.3. The molecule has 0 saturated heterocycles. The number of rotatable bonds is 26. The van der Waals surface area contributed by atoms with Crippen molar-refractivity contribution in [3.63, 3.8) is 0 Å². The Morgan fingerprint density at radius 3 is 1.44 bits per heavy atom. The Morgan fingerprint density at radius 2 is 0.989 bits per heavy atom. The molecule has 4 aliphatic rings. The van der Waals surface area contributed by atoms with Crippen molar-refractivity contribution >= 4 is 111 Å². The zero-order chi connectivity index (χ0) is 66.1. The number of thioether (sulfide) groups is 2. The maximum absolute atomic E-state index is 12.2. The summed E-state index contributed by atoms with van der Waals surface area (Å²) in [5.41, 5.74) is 10.9. The van der Waals surface area contributed by atoms with Crippen molar-refractivity contribution in [1.82, 2.24) is 15.3 Å². The summed E-state index contributed by atoms with van der Waals surface area (Å²) in [7, 11) is 0. The molecule has 2 heterocycles. The number of fused-ring (bicyclic) bond motifs is 2. The molecule has 2 aromatic heterocycles. The molecule has 492 valence electrons. The van der Waals surface area contributed by atoms with Gasteiger partial charge in [-0.05, 0) is 196 Å². The summed E-state index contributed by atoms with van der Waals surface area (Å²) in [5.74, 6) is 0.301. The largest absolute Gasteiger partial charge is 0.481 e. The molecule has 13 heteroatoms. The normalized spacial score (nSPS) is 16.8. The van der Waals surface area contributed by atoms with E-state index in [9.17, 15) is 29.7 Å². The van der Waals surface area contributed by atoms with Crippen molar-refractivity contribution in [3.05, 3.63) is 224 Å². The van der Waals surface area contributed by atoms with Crippen LogP contribution in [0.2, 0.25) is 10.0 Å². The van der Waals surface area contributed by atoms with Crippen LogP contribution in [0.4, 0.5) is 0 Å². The third-order valence-corrected chi connectivity index (χ3v) is 22.9. The maximum atomic E-state index is 12.2. The molecule has 4 fully saturated rings. The van der Waals surface area contributed by atoms with Crippen LogP contribution in [0.15, 0.2) is 158 Å². The lowest BCUT2D eigenvalue weighted by atomic mass is 9.90. The van der Waals surface area contributed by atoms with Crippen LogP contribution in [-0.4, -0.2) is 66.6 Å². The minimum Gasteiger partial charge on any atom is -0.481 e. The van der Waals surface area contributed by atoms with E-state index >= 15 is 0 Å². The number of nitrogens with one attached hydrogen (secondary N) is 1. The van der Waals surface area contributed by atoms with Crippen LogP contribution in [-0.2, 0) is 28.0 Å². The lowest BCUT2D eigenvalue weighted by molar-refractivity contribution is -0.139. The molecule has 4 saturated carbocycles. The van der Waals surface area contributed by atoms with Crippen LogP contribution in [0.5, 0.6) is 0 Å². The third kappa shape index (κ3) is 21.2. The number of ketones is 1. The van der Waals surface area contributed by atoms with Crippen LogP contribution in [0.3, 0.4) is 0 Å². The average molecular weight is 1340 g/mol. The Kier molecular flexibility index (Phi) is 25.0. The Bertz CT molecular complexity index is 3920. The predicted octanol–water partition coefficient (Wildman–Crippen LogP) is 21.1. The first-order valence-corrected chi connectivity index (χ1v) is 36.7. The number of carbonyl (C=O) groups is 3. The highest BCUT2D eigenvalue weighted by Crippen LogP contribution is 2.55. The van der Waals surface area contributed by atoms with Gasteiger partial charge in [-0.25, -0.2) is 9.97 Å². The zero-order valence-electron chi connectivity index (χ0n) is 54.7. The third-order valence-electron chi connectivity index (χ3n) is 19.1. The number of aromatic nitrogens is 2. The second-order valence-electron chi connectivity index (χ2n) is 27.2. The van der Waals surface area contributed by atoms with Gasteiger partial charge in [0.1, 0.15) is 0 Å². The molecule has 94 heavy (non-hydrogen) atoms. The molecular weight excluding hydrogens is 1250 g/mol. The van der Waals surface area contributed by atoms with Gasteiger partial charge in [0.15, 0.2) is 5.78 Å². The van der Waals surface area contributed by atoms with E-state index in [0.29, 0.717) is 10.0 Å². The van der Waals surface area contributed by atoms with Gasteiger partial charge < -0.3 is 20.6 Å². The fourth-order valence-corrected chi connectivity index (χ4v) is 16.8. The van der Waals surface area contributed by atoms with Gasteiger partial charge in [0.2, 0.25) is 0 Å². The molecule has 2 atom stereocenters. The Morgan fingerprint density at radius 1 is 0.553 bits per heavy atom. The molecule has 4 N–H and O–H groups in total. The van der Waals surface area contributed by atoms with Gasteiger partial charge in [-0.2, -0.15) is 23.5 Å². The van der Waals surface area contributed by atoms with Gasteiger partial charge in [0.25, 0.3) is 0 Å². The van der Waals surface area contributed by atoms with Gasteiger partial charge in [0, 0.05) is 60.5 Å². The maximum Gasteiger partial charge on any atom is 0.303 e. The van der Waals surface area contributed by atoms with Gasteiger partial charge in [0.05, 0.1) is 40.9 Å². The van der Waals surface area contributed by atoms with Crippen molar-refractivity contribution in [2.24, 2.45) is 10.8 Å². The standard InChI is InChI=1S/C35H36ClNO3S.C34H32ClNO3S.C12H23N/c1-34(2,40)30-9-4-3-7-25(30)13-17-32(41-23-35(18-19-35)22-33(38)39)27-8-5-6-24(20-27)10-15-29-16-12-26-11-14-28(36)21-31(26)37-29;1-23(37)30-8-3-2-6-25(30)12-16-32(40-22-34(17-18-34)21-33(38)39)27-7-4-5-24(19-27)9-14-29-15-11-26-10-13-28(35)20-31(26)36-29;1-3-7-11(8-4-1)13-12-9-5-2-6-10-12/h3-12,14-16,20-21,32,40H,13,17-19,22-23H2,1-2H3,(H,38,39);2-11,13-15,19-20,32H,12,16-18,21-22H2,1H3,(H,38,39);11-13H,1-10H2/b15-10+;14-9+;/t2*32-;/m11./s1. The quantitative estimate of drug-likeness (QED) is 0.0384. The van der Waals surface area contributed by atoms with Gasteiger partial charge in [-0.3, -0.25) is 14.4 Å². The number of benzene rings is 6. The van der Waals surface area contributed by atoms with Crippen molar-refractivity contribution in [3.8, 4) is 0 Å². The number of carboxylic acids is 2. The molecule has 4 aliphatic carbocycles. The fourth-order valence-electron chi connectivity index (χ4n) is 13.3. The first kappa shape index (κ1) is 70.2. The van der Waals surface area contributed by atoms with Crippen molar-refractivity contribution in [2.75, 3.05) is 11.5 Å². The lowest BCUT2D eigenvalue weighted by Gasteiger charge is -2.30. The molecular formula is C81H91Cl2N3O6S2. The van der Waals surface area contributed by atoms with E-state index in [2.05, 4.69) is 78.1 Å². The number of nitrogens with zero attached hydrogens (tertiary/aromatic N) is 2. The molecule has 0 spiro atoms. The number of Topliss-reactive ketones (excluding diaryl/α,β-unsaturated/α-hetero) is 1. The average Bonchev–Trinajstić information content (AvgIpc) is 1.68. The molecule has 9 nitrogen and oxygen atoms in total. The van der Waals surface area contributed by atoms with Gasteiger partial charge >= 0.3 is 11.9 Å². The van der Waals surface area contributed by atoms with Crippen LogP contribution in [0, 0.1) is 10.8 Å². The molecule has 0 amide bonds. The second-order valence-corrected chi connectivity index (χ2v) is 30.5. The van der Waals surface area contributed by atoms with Crippen molar-refractivity contribution in [2.45, 2.75) is 177 Å². The first-order chi connectivity index (χ1) is 45.3. The van der Waals surface area contributed by atoms with E-state index in [1.807, 2.05) is 147 Å². The Balaban J connectivity index is 0.000000172. The van der Waals surface area contributed by atoms with E-state index in [1.165, 1.54) is 75.3 Å². The number of aliphatic carboxylic acids is 2. The minimum absolute atomic E-state index is 0.0786. The van der Waals surface area contributed by atoms with E-state index in [0.717, 1.165) is 142 Å². The summed E-state index contributed by atoms with van der Waals surface area (Å²) in [4.78, 5) is 44.6. The number of hydrogen-bond donors (Lipinski definition) is 4. The number of carbonyl (C=O) groups excluding carboxylic acids is 1. The molecule has 0 radical (unpaired) electrons. The number of hydrogen-bond acceptors (Lipinski definition) is 9. The highest BCUT2D eigenvalue weighted by atomic mass is 35.5. The highest BCUT2D eigenvalue weighted by Gasteiger charge is 2.45. The van der Waals surface area contributed by atoms with Gasteiger partial charge in [-0.1, -0.05) is 195 Å². The van der Waals surface area contributed by atoms with Crippen LogP contribution in [0.25, 0.3) is 46.1 Å². The van der Waals surface area contributed by atoms with Crippen molar-refractivity contribution in [1.29, 1.82) is 0 Å². The lowest BCUT2D eigenvalue weighted by Crippen LogP contribution is -2.40. The molecule has 12 rings (SSSR count). The number of pyridine rings is 2. The molecule has 0 aliphatic heterocycles. The number of carboxylic acid groups (broad SMARTS) is 2. The summed E-state index contributed by atoms with van der Waals surface area (Å²) in [6, 6.07) is 54.3. The molecule has 0 unspecified atom stereocenters. The van der Waals surface area contributed by atoms with E-state index in [-0.39, 0.29) is 40.0 Å². The van der Waals surface area contributed by atoms with Crippen LogP contribution >= 0.6 is 46.7 Å². The molecule has 8 aromatic rings. The summed E-state index contributed by atoms with van der Waals surface area (Å²) in [6.45, 7) is 5.27.